The van der Waals surface area contributed by atoms with Gasteiger partial charge in [-0.2, -0.15) is 0 Å². The number of imide groups is 1. The summed E-state index contributed by atoms with van der Waals surface area (Å²) in [6.45, 7) is 0.267. The number of aromatic nitrogens is 1. The van der Waals surface area contributed by atoms with Crippen molar-refractivity contribution in [1.82, 2.24) is 9.88 Å². The Morgan fingerprint density at radius 1 is 0.978 bits per heavy atom. The topological polar surface area (TPSA) is 109 Å². The molecule has 9 heteroatoms. The van der Waals surface area contributed by atoms with Crippen LogP contribution in [0.25, 0.3) is 22.4 Å². The number of phenols is 1. The van der Waals surface area contributed by atoms with E-state index in [0.29, 0.717) is 19.3 Å². The molecule has 3 aliphatic rings. The Bertz CT molecular complexity index is 1840. The van der Waals surface area contributed by atoms with Gasteiger partial charge in [-0.05, 0) is 95.6 Å². The highest BCUT2D eigenvalue weighted by Crippen LogP contribution is 2.50. The normalized spacial score (nSPS) is 23.1. The molecule has 1 aromatic heterocycles. The summed E-state index contributed by atoms with van der Waals surface area (Å²) in [4.78, 5) is 32.5. The van der Waals surface area contributed by atoms with Crippen LogP contribution in [-0.4, -0.2) is 58.7 Å². The third-order valence-electron chi connectivity index (χ3n) is 9.62. The van der Waals surface area contributed by atoms with Crippen molar-refractivity contribution in [2.75, 3.05) is 13.7 Å². The second-order valence-electron chi connectivity index (χ2n) is 12.3. The van der Waals surface area contributed by atoms with E-state index in [1.807, 2.05) is 78.9 Å². The van der Waals surface area contributed by atoms with Gasteiger partial charge in [0, 0.05) is 18.6 Å². The second kappa shape index (κ2) is 12.6. The molecular formula is C37H35BN2O6. The fourth-order valence-electron chi connectivity index (χ4n) is 7.47. The molecule has 2 N–H and O–H groups in total. The Morgan fingerprint density at radius 2 is 1.74 bits per heavy atom. The number of para-hydroxylation sites is 1. The predicted molar refractivity (Wildman–Crippen MR) is 176 cm³/mol. The Hall–Kier alpha value is -4.73. The number of allylic oxidation sites excluding steroid dienone is 1. The zero-order chi connectivity index (χ0) is 31.8. The van der Waals surface area contributed by atoms with Crippen LogP contribution in [0.2, 0.25) is 6.32 Å². The number of fused-ring (bicyclic) bond motifs is 4. The van der Waals surface area contributed by atoms with Crippen LogP contribution < -0.4 is 4.74 Å². The van der Waals surface area contributed by atoms with Gasteiger partial charge in [-0.25, -0.2) is 0 Å². The number of rotatable bonds is 8. The Kier molecular flexibility index (Phi) is 8.19. The van der Waals surface area contributed by atoms with Crippen molar-refractivity contribution in [3.63, 3.8) is 0 Å². The molecule has 46 heavy (non-hydrogen) atoms. The lowest BCUT2D eigenvalue weighted by Crippen LogP contribution is -2.46. The average molecular weight is 615 g/mol. The third kappa shape index (κ3) is 5.61. The highest BCUT2D eigenvalue weighted by molar-refractivity contribution is 6.43. The Balaban J connectivity index is 1.26. The van der Waals surface area contributed by atoms with Crippen LogP contribution in [0.5, 0.6) is 11.5 Å². The molecular weight excluding hydrogens is 579 g/mol. The van der Waals surface area contributed by atoms with Crippen LogP contribution in [0.3, 0.4) is 0 Å². The maximum atomic E-state index is 13.4. The molecule has 7 rings (SSSR count). The molecule has 232 valence electrons. The van der Waals surface area contributed by atoms with Crippen molar-refractivity contribution in [3.8, 4) is 11.5 Å². The van der Waals surface area contributed by atoms with Gasteiger partial charge in [-0.3, -0.25) is 19.5 Å². The summed E-state index contributed by atoms with van der Waals surface area (Å²) in [5.41, 5.74) is 4.66. The summed E-state index contributed by atoms with van der Waals surface area (Å²) in [5, 5.41) is 23.1. The van der Waals surface area contributed by atoms with E-state index in [4.69, 9.17) is 9.39 Å². The highest BCUT2D eigenvalue weighted by Gasteiger charge is 2.56. The number of amides is 2. The van der Waals surface area contributed by atoms with Gasteiger partial charge >= 0.3 is 7.12 Å². The molecule has 0 unspecified atom stereocenters. The fourth-order valence-corrected chi connectivity index (χ4v) is 7.47. The maximum absolute atomic E-state index is 13.4. The van der Waals surface area contributed by atoms with E-state index in [1.54, 1.807) is 19.3 Å². The Labute approximate surface area is 268 Å². The van der Waals surface area contributed by atoms with Crippen LogP contribution in [0.15, 0.2) is 102 Å². The summed E-state index contributed by atoms with van der Waals surface area (Å²) in [6.07, 6.45) is 5.12. The third-order valence-corrected chi connectivity index (χ3v) is 9.62. The minimum atomic E-state index is -1.06. The van der Waals surface area contributed by atoms with Gasteiger partial charge < -0.3 is 19.5 Å². The molecule has 0 bridgehead atoms. The molecule has 2 aliphatic heterocycles. The SMILES string of the molecule is CN1C(=O)[C@@H]2[C@@H](CC(COc3ccccc3)=C3[C@@H](CC/C(=C/c4ccc(O)c5ccccc45)c4ccccn4)OB(O)C[C@@H]32)C1=O. The fraction of sp³-hybridized carbons (Fsp3) is 0.270. The van der Waals surface area contributed by atoms with Crippen molar-refractivity contribution >= 4 is 41.4 Å². The lowest BCUT2D eigenvalue weighted by atomic mass is 9.58. The van der Waals surface area contributed by atoms with Crippen LogP contribution in [0.4, 0.5) is 0 Å². The van der Waals surface area contributed by atoms with E-state index in [2.05, 4.69) is 11.1 Å². The van der Waals surface area contributed by atoms with Crippen molar-refractivity contribution in [2.45, 2.75) is 31.7 Å². The number of aromatic hydroxyl groups is 1. The van der Waals surface area contributed by atoms with Crippen molar-refractivity contribution < 1.29 is 29.1 Å². The summed E-state index contributed by atoms with van der Waals surface area (Å²) in [7, 11) is 0.485. The number of nitrogens with zero attached hydrogens (tertiary/aromatic N) is 2. The van der Waals surface area contributed by atoms with Gasteiger partial charge in [-0.1, -0.05) is 54.6 Å². The Morgan fingerprint density at radius 3 is 2.52 bits per heavy atom. The standard InChI is InChI=1S/C37H35BN2O6/c1-40-36(42)29-20-25(22-45-26-9-3-2-4-10-26)34-30(35(29)37(40)43)21-38(44)46-33(34)17-15-24(31-13-7-8-18-39-31)19-23-14-16-32(41)28-12-6-5-11-27(23)28/h2-14,16,18-19,29-30,33,35,41,44H,15,17,20-22H2,1H3/b24-19-/t29-,30+,33-,35-/m1/s1. The predicted octanol–water partition coefficient (Wildman–Crippen LogP) is 5.77. The van der Waals surface area contributed by atoms with Gasteiger partial charge in [0.15, 0.2) is 0 Å². The quantitative estimate of drug-likeness (QED) is 0.147. The van der Waals surface area contributed by atoms with Crippen LogP contribution in [-0.2, 0) is 14.2 Å². The van der Waals surface area contributed by atoms with E-state index in [0.717, 1.165) is 44.5 Å². The molecule has 1 aliphatic carbocycles. The average Bonchev–Trinajstić information content (AvgIpc) is 3.30. The van der Waals surface area contributed by atoms with Gasteiger partial charge in [0.2, 0.25) is 11.8 Å². The van der Waals surface area contributed by atoms with E-state index in [-0.39, 0.29) is 36.4 Å². The number of pyridine rings is 1. The molecule has 2 fully saturated rings. The van der Waals surface area contributed by atoms with Crippen LogP contribution >= 0.6 is 0 Å². The zero-order valence-corrected chi connectivity index (χ0v) is 25.6. The number of ether oxygens (including phenoxy) is 1. The number of benzene rings is 3. The number of carbonyl (C=O) groups is 2. The van der Waals surface area contributed by atoms with Crippen molar-refractivity contribution in [3.05, 3.63) is 114 Å². The summed E-state index contributed by atoms with van der Waals surface area (Å²) >= 11 is 0. The molecule has 8 nitrogen and oxygen atoms in total. The van der Waals surface area contributed by atoms with Gasteiger partial charge in [0.25, 0.3) is 0 Å². The molecule has 4 atom stereocenters. The van der Waals surface area contributed by atoms with Crippen molar-refractivity contribution in [2.24, 2.45) is 17.8 Å². The van der Waals surface area contributed by atoms with E-state index < -0.39 is 25.1 Å². The van der Waals surface area contributed by atoms with Crippen LogP contribution in [0.1, 0.15) is 30.5 Å². The lowest BCUT2D eigenvalue weighted by Gasteiger charge is -2.43. The van der Waals surface area contributed by atoms with Gasteiger partial charge in [0.05, 0.1) is 23.6 Å². The van der Waals surface area contributed by atoms with Gasteiger partial charge in [-0.15, -0.1) is 0 Å². The lowest BCUT2D eigenvalue weighted by molar-refractivity contribution is -0.138. The first-order valence-corrected chi connectivity index (χ1v) is 15.8. The number of likely N-dealkylation sites (tertiary alicyclic amines) is 1. The number of hydrogen-bond donors (Lipinski definition) is 2. The van der Waals surface area contributed by atoms with Crippen molar-refractivity contribution in [1.29, 1.82) is 0 Å². The molecule has 2 saturated heterocycles. The highest BCUT2D eigenvalue weighted by atomic mass is 16.5. The first kappa shape index (κ1) is 30.0. The van der Waals surface area contributed by atoms with Crippen LogP contribution in [0, 0.1) is 17.8 Å². The smallest absolute Gasteiger partial charge is 0.455 e. The molecule has 3 heterocycles. The second-order valence-corrected chi connectivity index (χ2v) is 12.3. The molecule has 3 aromatic carbocycles. The largest absolute Gasteiger partial charge is 0.507 e. The summed E-state index contributed by atoms with van der Waals surface area (Å²) in [5.74, 6) is -0.753. The molecule has 4 aromatic rings. The number of carbonyl (C=O) groups excluding carboxylic acids is 2. The molecule has 0 radical (unpaired) electrons. The minimum absolute atomic E-state index is 0.176. The molecule has 0 saturated carbocycles. The maximum Gasteiger partial charge on any atom is 0.455 e. The summed E-state index contributed by atoms with van der Waals surface area (Å²) in [6, 6.07) is 26.7. The van der Waals surface area contributed by atoms with Gasteiger partial charge in [0.1, 0.15) is 18.1 Å². The summed E-state index contributed by atoms with van der Waals surface area (Å²) < 4.78 is 12.5. The monoisotopic (exact) mass is 614 g/mol. The van der Waals surface area contributed by atoms with E-state index in [9.17, 15) is 19.7 Å². The van der Waals surface area contributed by atoms with E-state index >= 15 is 0 Å². The van der Waals surface area contributed by atoms with E-state index in [1.165, 1.54) is 4.90 Å². The first-order chi connectivity index (χ1) is 22.4. The zero-order valence-electron chi connectivity index (χ0n) is 25.6. The molecule has 2 amide bonds. The number of phenolic OH excluding ortho intramolecular Hbond substituents is 1. The molecule has 0 spiro atoms. The minimum Gasteiger partial charge on any atom is -0.507 e. The first-order valence-electron chi connectivity index (χ1n) is 15.8. The number of hydrogen-bond acceptors (Lipinski definition) is 7.